The highest BCUT2D eigenvalue weighted by atomic mass is 35.5. The summed E-state index contributed by atoms with van der Waals surface area (Å²) in [5.74, 6) is 0.753. The van der Waals surface area contributed by atoms with Crippen LogP contribution < -0.4 is 10.1 Å². The minimum Gasteiger partial charge on any atom is -0.497 e. The predicted octanol–water partition coefficient (Wildman–Crippen LogP) is 5.81. The molecule has 1 N–H and O–H groups in total. The lowest BCUT2D eigenvalue weighted by atomic mass is 10.1. The van der Waals surface area contributed by atoms with Crippen molar-refractivity contribution in [3.63, 3.8) is 0 Å². The zero-order chi connectivity index (χ0) is 22.0. The van der Waals surface area contributed by atoms with E-state index < -0.39 is 7.60 Å². The van der Waals surface area contributed by atoms with Crippen LogP contribution in [0, 0.1) is 0 Å². The molecule has 0 aliphatic rings. The molecule has 0 atom stereocenters. The molecule has 0 fully saturated rings. The molecule has 30 heavy (non-hydrogen) atoms. The third-order valence-electron chi connectivity index (χ3n) is 4.21. The predicted molar refractivity (Wildman–Crippen MR) is 127 cm³/mol. The van der Waals surface area contributed by atoms with Gasteiger partial charge in [0, 0.05) is 17.3 Å². The highest BCUT2D eigenvalue weighted by Gasteiger charge is 2.28. The van der Waals surface area contributed by atoms with E-state index in [2.05, 4.69) is 5.32 Å². The Balaban J connectivity index is 2.15. The summed E-state index contributed by atoms with van der Waals surface area (Å²) in [7, 11) is -1.70. The average Bonchev–Trinajstić information content (AvgIpc) is 2.73. The first kappa shape index (κ1) is 24.6. The van der Waals surface area contributed by atoms with Crippen molar-refractivity contribution < 1.29 is 18.3 Å². The summed E-state index contributed by atoms with van der Waals surface area (Å²) < 4.78 is 29.2. The van der Waals surface area contributed by atoms with Gasteiger partial charge < -0.3 is 24.0 Å². The number of nitrogens with one attached hydrogen (secondary N) is 1. The SMILES string of the molecule is CCOP(=O)(CN(CCc1ccc(Cl)cc1)C(=S)Nc1ccc(OC)cc1)OCC. The molecule has 9 heteroatoms. The van der Waals surface area contributed by atoms with Crippen LogP contribution in [-0.4, -0.2) is 43.2 Å². The number of anilines is 1. The lowest BCUT2D eigenvalue weighted by molar-refractivity contribution is 0.210. The second-order valence-electron chi connectivity index (χ2n) is 6.39. The van der Waals surface area contributed by atoms with E-state index in [1.165, 1.54) is 0 Å². The summed E-state index contributed by atoms with van der Waals surface area (Å²) in [6.45, 7) is 4.70. The van der Waals surface area contributed by atoms with Crippen molar-refractivity contribution >= 4 is 42.2 Å². The van der Waals surface area contributed by atoms with Crippen LogP contribution in [0.5, 0.6) is 5.75 Å². The van der Waals surface area contributed by atoms with Gasteiger partial charge >= 0.3 is 7.60 Å². The van der Waals surface area contributed by atoms with Gasteiger partial charge in [0.25, 0.3) is 0 Å². The maximum Gasteiger partial charge on any atom is 0.349 e. The summed E-state index contributed by atoms with van der Waals surface area (Å²) >= 11 is 11.6. The molecule has 0 unspecified atom stereocenters. The third kappa shape index (κ3) is 7.89. The summed E-state index contributed by atoms with van der Waals surface area (Å²) in [6.07, 6.45) is 0.754. The second kappa shape index (κ2) is 12.3. The van der Waals surface area contributed by atoms with E-state index in [-0.39, 0.29) is 6.29 Å². The van der Waals surface area contributed by atoms with Crippen molar-refractivity contribution in [1.82, 2.24) is 4.90 Å². The van der Waals surface area contributed by atoms with Crippen molar-refractivity contribution in [1.29, 1.82) is 0 Å². The minimum absolute atomic E-state index is 0.0598. The first-order valence-electron chi connectivity index (χ1n) is 9.71. The van der Waals surface area contributed by atoms with E-state index in [4.69, 9.17) is 37.6 Å². The summed E-state index contributed by atoms with van der Waals surface area (Å²) in [6, 6.07) is 15.0. The van der Waals surface area contributed by atoms with Crippen molar-refractivity contribution in [2.75, 3.05) is 38.5 Å². The number of benzene rings is 2. The van der Waals surface area contributed by atoms with E-state index in [0.717, 1.165) is 17.0 Å². The Morgan fingerprint density at radius 2 is 1.67 bits per heavy atom. The Kier molecular flexibility index (Phi) is 10.1. The lowest BCUT2D eigenvalue weighted by Gasteiger charge is -2.29. The van der Waals surface area contributed by atoms with Gasteiger partial charge in [-0.1, -0.05) is 23.7 Å². The molecule has 6 nitrogen and oxygen atoms in total. The Bertz CT molecular complexity index is 839. The molecule has 2 aromatic carbocycles. The van der Waals surface area contributed by atoms with Crippen LogP contribution in [0.15, 0.2) is 48.5 Å². The van der Waals surface area contributed by atoms with Gasteiger partial charge in [-0.25, -0.2) is 0 Å². The Morgan fingerprint density at radius 1 is 1.07 bits per heavy atom. The minimum atomic E-state index is -3.32. The zero-order valence-electron chi connectivity index (χ0n) is 17.5. The molecule has 0 bridgehead atoms. The van der Waals surface area contributed by atoms with Gasteiger partial charge in [-0.3, -0.25) is 4.57 Å². The molecule has 0 aliphatic carbocycles. The first-order valence-corrected chi connectivity index (χ1v) is 12.2. The van der Waals surface area contributed by atoms with Crippen LogP contribution in [0.2, 0.25) is 5.02 Å². The smallest absolute Gasteiger partial charge is 0.349 e. The summed E-state index contributed by atoms with van der Waals surface area (Å²) in [4.78, 5) is 1.82. The van der Waals surface area contributed by atoms with Gasteiger partial charge in [0.1, 0.15) is 12.0 Å². The molecule has 0 heterocycles. The molecule has 2 aromatic rings. The maximum absolute atomic E-state index is 13.1. The van der Waals surface area contributed by atoms with Gasteiger partial charge in [-0.2, -0.15) is 0 Å². The standard InChI is InChI=1S/C21H28ClN2O4PS/c1-4-27-29(25,28-5-2)16-24(15-14-17-6-8-18(22)9-7-17)21(30)23-19-10-12-20(26-3)13-11-19/h6-13H,4-5,14-16H2,1-3H3,(H,23,30). The second-order valence-corrected chi connectivity index (χ2v) is 9.23. The van der Waals surface area contributed by atoms with Gasteiger partial charge in [0.2, 0.25) is 0 Å². The van der Waals surface area contributed by atoms with Gasteiger partial charge in [0.05, 0.1) is 20.3 Å². The monoisotopic (exact) mass is 470 g/mol. The van der Waals surface area contributed by atoms with E-state index in [9.17, 15) is 4.57 Å². The zero-order valence-corrected chi connectivity index (χ0v) is 19.9. The van der Waals surface area contributed by atoms with E-state index in [1.54, 1.807) is 21.0 Å². The molecule has 164 valence electrons. The summed E-state index contributed by atoms with van der Waals surface area (Å²) in [5.41, 5.74) is 1.90. The largest absolute Gasteiger partial charge is 0.497 e. The number of rotatable bonds is 11. The number of ether oxygens (including phenoxy) is 1. The van der Waals surface area contributed by atoms with Crippen molar-refractivity contribution in [2.24, 2.45) is 0 Å². The molecular weight excluding hydrogens is 443 g/mol. The van der Waals surface area contributed by atoms with Gasteiger partial charge in [0.15, 0.2) is 5.11 Å². The van der Waals surface area contributed by atoms with Crippen molar-refractivity contribution in [2.45, 2.75) is 20.3 Å². The quantitative estimate of drug-likeness (QED) is 0.328. The molecule has 0 spiro atoms. The Hall–Kier alpha value is -1.63. The van der Waals surface area contributed by atoms with Gasteiger partial charge in [-0.05, 0) is 74.4 Å². The topological polar surface area (TPSA) is 60.0 Å². The molecule has 2 rings (SSSR count). The fourth-order valence-corrected chi connectivity index (χ4v) is 4.97. The van der Waals surface area contributed by atoms with Crippen molar-refractivity contribution in [3.8, 4) is 5.75 Å². The lowest BCUT2D eigenvalue weighted by Crippen LogP contribution is -2.37. The Labute approximate surface area is 189 Å². The van der Waals surface area contributed by atoms with E-state index in [1.807, 2.05) is 53.4 Å². The Morgan fingerprint density at radius 3 is 2.20 bits per heavy atom. The molecule has 0 saturated carbocycles. The molecule has 0 radical (unpaired) electrons. The van der Waals surface area contributed by atoms with Crippen molar-refractivity contribution in [3.05, 3.63) is 59.1 Å². The molecule has 0 saturated heterocycles. The summed E-state index contributed by atoms with van der Waals surface area (Å²) in [5, 5.41) is 4.32. The van der Waals surface area contributed by atoms with E-state index in [0.29, 0.717) is 36.3 Å². The van der Waals surface area contributed by atoms with Gasteiger partial charge in [-0.15, -0.1) is 0 Å². The number of nitrogens with zero attached hydrogens (tertiary/aromatic N) is 1. The van der Waals surface area contributed by atoms with Crippen LogP contribution in [0.3, 0.4) is 0 Å². The van der Waals surface area contributed by atoms with Crippen LogP contribution in [-0.2, 0) is 20.0 Å². The van der Waals surface area contributed by atoms with Crippen LogP contribution in [0.25, 0.3) is 0 Å². The molecule has 0 aliphatic heterocycles. The maximum atomic E-state index is 13.1. The molecular formula is C21H28ClN2O4PS. The van der Waals surface area contributed by atoms with Crippen LogP contribution in [0.1, 0.15) is 19.4 Å². The highest BCUT2D eigenvalue weighted by Crippen LogP contribution is 2.48. The van der Waals surface area contributed by atoms with E-state index >= 15 is 0 Å². The van der Waals surface area contributed by atoms with Crippen LogP contribution in [0.4, 0.5) is 5.69 Å². The van der Waals surface area contributed by atoms with Crippen LogP contribution >= 0.6 is 31.4 Å². The molecule has 0 aromatic heterocycles. The third-order valence-corrected chi connectivity index (χ3v) is 6.81. The number of halogens is 1. The number of methoxy groups -OCH3 is 1. The first-order chi connectivity index (χ1) is 14.4. The fraction of sp³-hybridized carbons (Fsp3) is 0.381. The highest BCUT2D eigenvalue weighted by molar-refractivity contribution is 7.80. The normalized spacial score (nSPS) is 11.2. The average molecular weight is 471 g/mol. The molecule has 0 amide bonds. The number of hydrogen-bond donors (Lipinski definition) is 1. The number of hydrogen-bond acceptors (Lipinski definition) is 5. The number of thiocarbonyl (C=S) groups is 1. The fourth-order valence-electron chi connectivity index (χ4n) is 2.75.